The molecule has 0 aromatic heterocycles. The number of benzene rings is 2. The largest absolute Gasteiger partial charge is 0.418 e. The van der Waals surface area contributed by atoms with Gasteiger partial charge in [-0.15, -0.1) is 0 Å². The van der Waals surface area contributed by atoms with Gasteiger partial charge in [-0.2, -0.15) is 13.2 Å². The Labute approximate surface area is 135 Å². The van der Waals surface area contributed by atoms with E-state index in [4.69, 9.17) is 0 Å². The van der Waals surface area contributed by atoms with Gasteiger partial charge < -0.3 is 15.7 Å². The van der Waals surface area contributed by atoms with E-state index in [9.17, 15) is 27.5 Å². The second kappa shape index (κ2) is 7.31. The van der Waals surface area contributed by atoms with Crippen LogP contribution in [0.2, 0.25) is 0 Å². The van der Waals surface area contributed by atoms with Crippen molar-refractivity contribution in [2.24, 2.45) is 0 Å². The predicted octanol–water partition coefficient (Wildman–Crippen LogP) is 3.70. The van der Waals surface area contributed by atoms with Crippen LogP contribution in [-0.2, 0) is 6.18 Å². The van der Waals surface area contributed by atoms with E-state index in [0.717, 1.165) is 24.3 Å². The molecule has 0 bridgehead atoms. The molecule has 0 radical (unpaired) electrons. The first-order valence-electron chi connectivity index (χ1n) is 6.92. The molecule has 4 nitrogen and oxygen atoms in total. The molecule has 2 aromatic carbocycles. The van der Waals surface area contributed by atoms with Gasteiger partial charge in [-0.3, -0.25) is 0 Å². The minimum absolute atomic E-state index is 0.244. The van der Waals surface area contributed by atoms with Crippen molar-refractivity contribution in [2.75, 3.05) is 11.9 Å². The summed E-state index contributed by atoms with van der Waals surface area (Å²) in [5.74, 6) is -0.472. The van der Waals surface area contributed by atoms with Crippen LogP contribution in [0, 0.1) is 5.82 Å². The Kier molecular flexibility index (Phi) is 5.40. The number of nitrogens with one attached hydrogen (secondary N) is 2. The van der Waals surface area contributed by atoms with Crippen LogP contribution in [0.4, 0.5) is 28.0 Å². The topological polar surface area (TPSA) is 61.4 Å². The second-order valence-electron chi connectivity index (χ2n) is 4.95. The van der Waals surface area contributed by atoms with E-state index in [-0.39, 0.29) is 6.54 Å². The first-order chi connectivity index (χ1) is 11.3. The molecule has 1 unspecified atom stereocenters. The Morgan fingerprint density at radius 1 is 1.08 bits per heavy atom. The van der Waals surface area contributed by atoms with Gasteiger partial charge in [0.25, 0.3) is 0 Å². The van der Waals surface area contributed by atoms with Crippen molar-refractivity contribution in [1.82, 2.24) is 5.32 Å². The van der Waals surface area contributed by atoms with Crippen LogP contribution in [0.1, 0.15) is 17.2 Å². The number of urea groups is 1. The summed E-state index contributed by atoms with van der Waals surface area (Å²) >= 11 is 0. The summed E-state index contributed by atoms with van der Waals surface area (Å²) < 4.78 is 51.3. The number of para-hydroxylation sites is 1. The van der Waals surface area contributed by atoms with Crippen molar-refractivity contribution in [3.63, 3.8) is 0 Å². The van der Waals surface area contributed by atoms with Gasteiger partial charge in [-0.05, 0) is 29.8 Å². The summed E-state index contributed by atoms with van der Waals surface area (Å²) in [6.07, 6.45) is -5.72. The van der Waals surface area contributed by atoms with Gasteiger partial charge in [0.2, 0.25) is 0 Å². The predicted molar refractivity (Wildman–Crippen MR) is 79.8 cm³/mol. The molecule has 0 spiro atoms. The lowest BCUT2D eigenvalue weighted by atomic mass is 10.1. The molecular formula is C16H14F4N2O2. The molecular weight excluding hydrogens is 328 g/mol. The monoisotopic (exact) mass is 342 g/mol. The van der Waals surface area contributed by atoms with Crippen molar-refractivity contribution in [3.8, 4) is 0 Å². The number of aliphatic hydroxyl groups excluding tert-OH is 1. The van der Waals surface area contributed by atoms with Crippen LogP contribution in [-0.4, -0.2) is 17.7 Å². The first kappa shape index (κ1) is 17.7. The SMILES string of the molecule is O=C(NCC(O)c1ccc(F)cc1)Nc1ccccc1C(F)(F)F. The minimum atomic E-state index is -4.60. The molecule has 3 N–H and O–H groups in total. The fraction of sp³-hybridized carbons (Fsp3) is 0.188. The summed E-state index contributed by atoms with van der Waals surface area (Å²) in [6.45, 7) is -0.244. The van der Waals surface area contributed by atoms with Crippen molar-refractivity contribution in [1.29, 1.82) is 0 Å². The fourth-order valence-electron chi connectivity index (χ4n) is 2.00. The minimum Gasteiger partial charge on any atom is -0.387 e. The van der Waals surface area contributed by atoms with Crippen molar-refractivity contribution in [3.05, 3.63) is 65.5 Å². The molecule has 0 aliphatic carbocycles. The van der Waals surface area contributed by atoms with Gasteiger partial charge in [-0.1, -0.05) is 24.3 Å². The lowest BCUT2D eigenvalue weighted by Gasteiger charge is -2.15. The third-order valence-electron chi connectivity index (χ3n) is 3.19. The lowest BCUT2D eigenvalue weighted by Crippen LogP contribution is -2.33. The Hall–Kier alpha value is -2.61. The quantitative estimate of drug-likeness (QED) is 0.742. The van der Waals surface area contributed by atoms with E-state index in [1.54, 1.807) is 0 Å². The molecule has 0 heterocycles. The number of rotatable bonds is 4. The van der Waals surface area contributed by atoms with Gasteiger partial charge in [0.05, 0.1) is 17.4 Å². The van der Waals surface area contributed by atoms with Gasteiger partial charge in [-0.25, -0.2) is 9.18 Å². The summed E-state index contributed by atoms with van der Waals surface area (Å²) in [7, 11) is 0. The molecule has 2 aromatic rings. The number of aliphatic hydroxyl groups is 1. The van der Waals surface area contributed by atoms with Gasteiger partial charge in [0.1, 0.15) is 5.82 Å². The molecule has 0 fully saturated rings. The van der Waals surface area contributed by atoms with E-state index in [1.165, 1.54) is 24.3 Å². The van der Waals surface area contributed by atoms with Crippen LogP contribution < -0.4 is 10.6 Å². The highest BCUT2D eigenvalue weighted by Gasteiger charge is 2.33. The zero-order valence-electron chi connectivity index (χ0n) is 12.3. The number of alkyl halides is 3. The molecule has 2 rings (SSSR count). The molecule has 24 heavy (non-hydrogen) atoms. The molecule has 0 aliphatic rings. The maximum absolute atomic E-state index is 12.8. The van der Waals surface area contributed by atoms with Gasteiger partial charge in [0.15, 0.2) is 0 Å². The third kappa shape index (κ3) is 4.69. The van der Waals surface area contributed by atoms with Crippen molar-refractivity contribution < 1.29 is 27.5 Å². The maximum atomic E-state index is 12.8. The second-order valence-corrected chi connectivity index (χ2v) is 4.95. The number of carbonyl (C=O) groups excluding carboxylic acids is 1. The van der Waals surface area contributed by atoms with Crippen LogP contribution in [0.5, 0.6) is 0 Å². The zero-order valence-corrected chi connectivity index (χ0v) is 12.3. The Balaban J connectivity index is 1.96. The van der Waals surface area contributed by atoms with Crippen LogP contribution in [0.15, 0.2) is 48.5 Å². The van der Waals surface area contributed by atoms with Crippen molar-refractivity contribution in [2.45, 2.75) is 12.3 Å². The molecule has 2 amide bonds. The average molecular weight is 342 g/mol. The maximum Gasteiger partial charge on any atom is 0.418 e. The van der Waals surface area contributed by atoms with E-state index in [1.807, 2.05) is 0 Å². The van der Waals surface area contributed by atoms with E-state index < -0.39 is 35.4 Å². The van der Waals surface area contributed by atoms with E-state index >= 15 is 0 Å². The smallest absolute Gasteiger partial charge is 0.387 e. The highest BCUT2D eigenvalue weighted by molar-refractivity contribution is 5.90. The highest BCUT2D eigenvalue weighted by atomic mass is 19.4. The Morgan fingerprint density at radius 3 is 2.33 bits per heavy atom. The average Bonchev–Trinajstić information content (AvgIpc) is 2.53. The standard InChI is InChI=1S/C16H14F4N2O2/c17-11-7-5-10(6-8-11)14(23)9-21-15(24)22-13-4-2-1-3-12(13)16(18,19)20/h1-8,14,23H,9H2,(H2,21,22,24). The van der Waals surface area contributed by atoms with Crippen molar-refractivity contribution >= 4 is 11.7 Å². The molecule has 128 valence electrons. The molecule has 0 aliphatic heterocycles. The summed E-state index contributed by atoms with van der Waals surface area (Å²) in [6, 6.07) is 8.64. The first-order valence-corrected chi connectivity index (χ1v) is 6.92. The van der Waals surface area contributed by atoms with E-state index in [2.05, 4.69) is 10.6 Å². The van der Waals surface area contributed by atoms with Crippen LogP contribution >= 0.6 is 0 Å². The number of amides is 2. The van der Waals surface area contributed by atoms with Gasteiger partial charge >= 0.3 is 12.2 Å². The third-order valence-corrected chi connectivity index (χ3v) is 3.19. The summed E-state index contributed by atoms with van der Waals surface area (Å²) in [4.78, 5) is 11.7. The molecule has 0 saturated carbocycles. The van der Waals surface area contributed by atoms with E-state index in [0.29, 0.717) is 5.56 Å². The number of halogens is 4. The normalized spacial score (nSPS) is 12.5. The number of hydrogen-bond acceptors (Lipinski definition) is 2. The summed E-state index contributed by atoms with van der Waals surface area (Å²) in [5.41, 5.74) is -0.995. The Morgan fingerprint density at radius 2 is 1.71 bits per heavy atom. The van der Waals surface area contributed by atoms with Crippen LogP contribution in [0.25, 0.3) is 0 Å². The highest BCUT2D eigenvalue weighted by Crippen LogP contribution is 2.34. The zero-order chi connectivity index (χ0) is 17.7. The molecule has 0 saturated heterocycles. The fourth-order valence-corrected chi connectivity index (χ4v) is 2.00. The van der Waals surface area contributed by atoms with Crippen LogP contribution in [0.3, 0.4) is 0 Å². The van der Waals surface area contributed by atoms with Gasteiger partial charge in [0, 0.05) is 6.54 Å². The lowest BCUT2D eigenvalue weighted by molar-refractivity contribution is -0.136. The number of carbonyl (C=O) groups is 1. The number of anilines is 1. The number of hydrogen-bond donors (Lipinski definition) is 3. The molecule has 1 atom stereocenters. The molecule has 8 heteroatoms. The Bertz CT molecular complexity index is 702. The summed E-state index contributed by atoms with van der Waals surface area (Å²) in [5, 5.41) is 14.2.